The number of hydrogen-bond donors (Lipinski definition) is 3. The number of anilines is 1. The molecule has 0 fully saturated rings. The summed E-state index contributed by atoms with van der Waals surface area (Å²) in [6, 6.07) is 4.22. The van der Waals surface area contributed by atoms with E-state index < -0.39 is 34.6 Å². The van der Waals surface area contributed by atoms with Gasteiger partial charge in [0.05, 0.1) is 34.7 Å². The molecule has 0 radical (unpaired) electrons. The van der Waals surface area contributed by atoms with E-state index in [2.05, 4.69) is 10.3 Å². The molecule has 1 aromatic carbocycles. The van der Waals surface area contributed by atoms with Gasteiger partial charge in [0.15, 0.2) is 5.60 Å². The van der Waals surface area contributed by atoms with Gasteiger partial charge in [0, 0.05) is 29.1 Å². The molecule has 5 rings (SSSR count). The summed E-state index contributed by atoms with van der Waals surface area (Å²) in [5, 5.41) is 14.3. The standard InChI is InChI=1S/C26H27FN4O6/c1-5-26(35)16-7-20-21-14(10-31(20)22(32)15(16)11-36-23(26)33)13(9-29-24(34)37-25(2,3)4)12-6-18(28)17(27)8-19(12)30-21/h6-8,35H,5,9-11,28H2,1-4H3,(H,29,34)/t26-/m0/s1. The molecule has 0 spiro atoms. The molecule has 194 valence electrons. The van der Waals surface area contributed by atoms with Gasteiger partial charge in [0.25, 0.3) is 5.56 Å². The quantitative estimate of drug-likeness (QED) is 0.282. The molecular weight excluding hydrogens is 483 g/mol. The number of benzene rings is 1. The van der Waals surface area contributed by atoms with Crippen molar-refractivity contribution in [1.82, 2.24) is 14.9 Å². The number of nitrogen functional groups attached to an aromatic ring is 1. The Morgan fingerprint density at radius 3 is 2.70 bits per heavy atom. The molecule has 0 saturated heterocycles. The van der Waals surface area contributed by atoms with Crippen LogP contribution in [0.25, 0.3) is 22.3 Å². The van der Waals surface area contributed by atoms with E-state index >= 15 is 0 Å². The maximum absolute atomic E-state index is 14.4. The Bertz CT molecular complexity index is 1560. The van der Waals surface area contributed by atoms with Crippen molar-refractivity contribution >= 4 is 28.7 Å². The summed E-state index contributed by atoms with van der Waals surface area (Å²) in [4.78, 5) is 42.9. The van der Waals surface area contributed by atoms with Gasteiger partial charge in [-0.3, -0.25) is 4.79 Å². The molecule has 2 aromatic heterocycles. The number of rotatable bonds is 3. The molecule has 4 heterocycles. The number of cyclic esters (lactones) is 1. The van der Waals surface area contributed by atoms with Crippen LogP contribution in [0.5, 0.6) is 0 Å². The molecule has 10 nitrogen and oxygen atoms in total. The highest BCUT2D eigenvalue weighted by atomic mass is 19.1. The zero-order valence-electron chi connectivity index (χ0n) is 20.9. The van der Waals surface area contributed by atoms with Crippen molar-refractivity contribution in [3.63, 3.8) is 0 Å². The Balaban J connectivity index is 1.70. The summed E-state index contributed by atoms with van der Waals surface area (Å²) in [5.41, 5.74) is 5.27. The van der Waals surface area contributed by atoms with Gasteiger partial charge in [0.2, 0.25) is 0 Å². The van der Waals surface area contributed by atoms with E-state index in [1.54, 1.807) is 33.8 Å². The number of alkyl carbamates (subject to hydrolysis) is 1. The van der Waals surface area contributed by atoms with Crippen LogP contribution in [0.15, 0.2) is 23.0 Å². The van der Waals surface area contributed by atoms with E-state index in [4.69, 9.17) is 15.2 Å². The van der Waals surface area contributed by atoms with Crippen LogP contribution in [0.2, 0.25) is 0 Å². The summed E-state index contributed by atoms with van der Waals surface area (Å²) in [5.74, 6) is -1.48. The molecule has 4 N–H and O–H groups in total. The van der Waals surface area contributed by atoms with Crippen LogP contribution >= 0.6 is 0 Å². The second-order valence-corrected chi connectivity index (χ2v) is 10.3. The first-order valence-corrected chi connectivity index (χ1v) is 11.9. The minimum atomic E-state index is -1.97. The molecule has 1 atom stereocenters. The number of ether oxygens (including phenoxy) is 2. The van der Waals surface area contributed by atoms with Crippen LogP contribution in [0.3, 0.4) is 0 Å². The average molecular weight is 511 g/mol. The Labute approximate surface area is 211 Å². The minimum absolute atomic E-state index is 0.00425. The summed E-state index contributed by atoms with van der Waals surface area (Å²) in [6.07, 6.45) is -0.636. The normalized spacial score (nSPS) is 18.2. The predicted octanol–water partition coefficient (Wildman–Crippen LogP) is 2.83. The molecular formula is C26H27FN4O6. The van der Waals surface area contributed by atoms with Crippen molar-refractivity contribution < 1.29 is 28.6 Å². The van der Waals surface area contributed by atoms with Gasteiger partial charge in [-0.15, -0.1) is 0 Å². The van der Waals surface area contributed by atoms with Crippen LogP contribution in [-0.2, 0) is 39.6 Å². The highest BCUT2D eigenvalue weighted by molar-refractivity contribution is 5.91. The Morgan fingerprint density at radius 1 is 1.30 bits per heavy atom. The van der Waals surface area contributed by atoms with Crippen molar-refractivity contribution in [1.29, 1.82) is 0 Å². The van der Waals surface area contributed by atoms with Gasteiger partial charge in [-0.1, -0.05) is 6.92 Å². The summed E-state index contributed by atoms with van der Waals surface area (Å²) in [7, 11) is 0. The first-order valence-electron chi connectivity index (χ1n) is 11.9. The number of pyridine rings is 2. The van der Waals surface area contributed by atoms with E-state index in [1.807, 2.05) is 0 Å². The van der Waals surface area contributed by atoms with Crippen molar-refractivity contribution in [3.8, 4) is 11.4 Å². The Hall–Kier alpha value is -3.99. The predicted molar refractivity (Wildman–Crippen MR) is 132 cm³/mol. The maximum atomic E-state index is 14.4. The van der Waals surface area contributed by atoms with Gasteiger partial charge >= 0.3 is 12.1 Å². The second-order valence-electron chi connectivity index (χ2n) is 10.3. The highest BCUT2D eigenvalue weighted by Gasteiger charge is 2.45. The van der Waals surface area contributed by atoms with Gasteiger partial charge in [-0.25, -0.2) is 19.0 Å². The fraction of sp³-hybridized carbons (Fsp3) is 0.385. The summed E-state index contributed by atoms with van der Waals surface area (Å²) >= 11 is 0. The smallest absolute Gasteiger partial charge is 0.407 e. The van der Waals surface area contributed by atoms with Crippen LogP contribution in [0.4, 0.5) is 14.9 Å². The number of aromatic nitrogens is 2. The van der Waals surface area contributed by atoms with E-state index in [0.717, 1.165) is 0 Å². The van der Waals surface area contributed by atoms with Gasteiger partial charge in [-0.2, -0.15) is 0 Å². The van der Waals surface area contributed by atoms with E-state index in [0.29, 0.717) is 27.9 Å². The molecule has 2 aliphatic rings. The number of aliphatic hydroxyl groups is 1. The highest BCUT2D eigenvalue weighted by Crippen LogP contribution is 2.40. The first-order chi connectivity index (χ1) is 17.3. The molecule has 0 aliphatic carbocycles. The SMILES string of the molecule is CC[C@@]1(O)C(=O)OCc2c1cc1n(c2=O)Cc2c-1nc1cc(F)c(N)cc1c2CNC(=O)OC(C)(C)C. The Morgan fingerprint density at radius 2 is 2.03 bits per heavy atom. The van der Waals surface area contributed by atoms with Gasteiger partial charge < -0.3 is 30.2 Å². The number of amides is 1. The largest absolute Gasteiger partial charge is 0.458 e. The summed E-state index contributed by atoms with van der Waals surface area (Å²) in [6.45, 7) is 6.71. The van der Waals surface area contributed by atoms with Crippen LogP contribution in [0, 0.1) is 5.82 Å². The van der Waals surface area contributed by atoms with Crippen molar-refractivity contribution in [3.05, 3.63) is 56.6 Å². The molecule has 3 aromatic rings. The first kappa shape index (κ1) is 24.7. The Kier molecular flexibility index (Phi) is 5.52. The van der Waals surface area contributed by atoms with Gasteiger partial charge in [-0.05, 0) is 44.9 Å². The molecule has 1 amide bonds. The molecule has 0 bridgehead atoms. The third kappa shape index (κ3) is 3.90. The van der Waals surface area contributed by atoms with E-state index in [9.17, 15) is 23.9 Å². The lowest BCUT2D eigenvalue weighted by Gasteiger charge is -2.31. The lowest BCUT2D eigenvalue weighted by molar-refractivity contribution is -0.172. The number of nitrogens with zero attached hydrogens (tertiary/aromatic N) is 2. The van der Waals surface area contributed by atoms with Crippen molar-refractivity contribution in [2.24, 2.45) is 0 Å². The minimum Gasteiger partial charge on any atom is -0.458 e. The maximum Gasteiger partial charge on any atom is 0.407 e. The molecule has 37 heavy (non-hydrogen) atoms. The number of nitrogens with one attached hydrogen (secondary N) is 1. The number of halogens is 1. The van der Waals surface area contributed by atoms with Gasteiger partial charge in [0.1, 0.15) is 18.0 Å². The van der Waals surface area contributed by atoms with Crippen molar-refractivity contribution in [2.75, 3.05) is 5.73 Å². The topological polar surface area (TPSA) is 146 Å². The van der Waals surface area contributed by atoms with E-state index in [1.165, 1.54) is 16.7 Å². The van der Waals surface area contributed by atoms with Crippen LogP contribution < -0.4 is 16.6 Å². The zero-order chi connectivity index (χ0) is 26.9. The third-order valence-electron chi connectivity index (χ3n) is 6.73. The van der Waals surface area contributed by atoms with Crippen LogP contribution in [-0.4, -0.2) is 32.3 Å². The third-order valence-corrected chi connectivity index (χ3v) is 6.73. The molecule has 11 heteroatoms. The fourth-order valence-electron chi connectivity index (χ4n) is 4.88. The number of carbonyl (C=O) groups excluding carboxylic acids is 2. The van der Waals surface area contributed by atoms with Crippen molar-refractivity contribution in [2.45, 2.75) is 65.0 Å². The lowest BCUT2D eigenvalue weighted by atomic mass is 9.86. The van der Waals surface area contributed by atoms with E-state index in [-0.39, 0.29) is 48.4 Å². The molecule has 0 unspecified atom stereocenters. The number of carbonyl (C=O) groups is 2. The molecule has 0 saturated carbocycles. The number of hydrogen-bond acceptors (Lipinski definition) is 8. The number of nitrogens with two attached hydrogens (primary N) is 1. The monoisotopic (exact) mass is 510 g/mol. The lowest BCUT2D eigenvalue weighted by Crippen LogP contribution is -2.44. The average Bonchev–Trinajstić information content (AvgIpc) is 3.18. The number of esters is 1. The number of fused-ring (bicyclic) bond motifs is 5. The second kappa shape index (κ2) is 8.27. The fourth-order valence-corrected chi connectivity index (χ4v) is 4.88. The molecule has 2 aliphatic heterocycles. The van der Waals surface area contributed by atoms with Crippen LogP contribution in [0.1, 0.15) is 56.4 Å². The zero-order valence-corrected chi connectivity index (χ0v) is 20.9. The summed E-state index contributed by atoms with van der Waals surface area (Å²) < 4.78 is 26.3.